The highest BCUT2D eigenvalue weighted by atomic mass is 15.1. The molecule has 4 nitrogen and oxygen atoms in total. The van der Waals surface area contributed by atoms with E-state index in [1.165, 1.54) is 38.5 Å². The van der Waals surface area contributed by atoms with Gasteiger partial charge in [-0.15, -0.1) is 0 Å². The molecule has 1 heterocycles. The standard InChI is InChI=1S/C15H24N4/c1-19(13-8-4-2-3-5-9-13)11-12-7-6-10-18-14(12)15(16)17/h6-7,10,13H,2-5,8-9,11H2,1H3,(H3,16,17). The van der Waals surface area contributed by atoms with E-state index in [0.717, 1.165) is 12.1 Å². The molecule has 19 heavy (non-hydrogen) atoms. The smallest absolute Gasteiger partial charge is 0.142 e. The van der Waals surface area contributed by atoms with Crippen molar-refractivity contribution in [1.29, 1.82) is 5.41 Å². The maximum Gasteiger partial charge on any atom is 0.142 e. The summed E-state index contributed by atoms with van der Waals surface area (Å²) in [5.41, 5.74) is 7.28. The minimum absolute atomic E-state index is 0.0601. The lowest BCUT2D eigenvalue weighted by molar-refractivity contribution is 0.213. The van der Waals surface area contributed by atoms with E-state index < -0.39 is 0 Å². The van der Waals surface area contributed by atoms with Crippen LogP contribution in [0.1, 0.15) is 49.8 Å². The number of nitrogens with zero attached hydrogens (tertiary/aromatic N) is 2. The van der Waals surface area contributed by atoms with Gasteiger partial charge in [-0.3, -0.25) is 15.3 Å². The molecular formula is C15H24N4. The lowest BCUT2D eigenvalue weighted by atomic mass is 10.1. The van der Waals surface area contributed by atoms with E-state index in [-0.39, 0.29) is 5.84 Å². The maximum atomic E-state index is 7.60. The summed E-state index contributed by atoms with van der Waals surface area (Å²) in [4.78, 5) is 6.62. The Morgan fingerprint density at radius 2 is 2.05 bits per heavy atom. The Kier molecular flexibility index (Phi) is 4.91. The van der Waals surface area contributed by atoms with Crippen molar-refractivity contribution in [2.45, 2.75) is 51.1 Å². The average Bonchev–Trinajstić information content (AvgIpc) is 2.68. The minimum atomic E-state index is 0.0601. The molecule has 0 atom stereocenters. The molecule has 0 bridgehead atoms. The lowest BCUT2D eigenvalue weighted by Gasteiger charge is -2.27. The molecule has 1 aliphatic rings. The second kappa shape index (κ2) is 6.66. The quantitative estimate of drug-likeness (QED) is 0.496. The van der Waals surface area contributed by atoms with Crippen LogP contribution in [0.25, 0.3) is 0 Å². The van der Waals surface area contributed by atoms with Gasteiger partial charge in [0, 0.05) is 18.8 Å². The van der Waals surface area contributed by atoms with E-state index in [1.54, 1.807) is 6.20 Å². The summed E-state index contributed by atoms with van der Waals surface area (Å²) in [5, 5.41) is 7.60. The fraction of sp³-hybridized carbons (Fsp3) is 0.600. The molecule has 1 aliphatic carbocycles. The second-order valence-corrected chi connectivity index (χ2v) is 5.49. The third-order valence-corrected chi connectivity index (χ3v) is 4.01. The lowest BCUT2D eigenvalue weighted by Crippen LogP contribution is -2.31. The van der Waals surface area contributed by atoms with E-state index in [1.807, 2.05) is 12.1 Å². The van der Waals surface area contributed by atoms with Gasteiger partial charge < -0.3 is 5.73 Å². The molecule has 0 aromatic carbocycles. The van der Waals surface area contributed by atoms with Crippen LogP contribution in [0.15, 0.2) is 18.3 Å². The molecule has 4 heteroatoms. The SMILES string of the molecule is CN(Cc1cccnc1C(=N)N)C1CCCCCC1. The van der Waals surface area contributed by atoms with Crippen LogP contribution in [0.4, 0.5) is 0 Å². The molecule has 0 spiro atoms. The van der Waals surface area contributed by atoms with Crippen molar-refractivity contribution in [1.82, 2.24) is 9.88 Å². The Hall–Kier alpha value is -1.42. The first-order valence-electron chi connectivity index (χ1n) is 7.17. The highest BCUT2D eigenvalue weighted by Crippen LogP contribution is 2.22. The fourth-order valence-corrected chi connectivity index (χ4v) is 2.91. The number of hydrogen-bond donors (Lipinski definition) is 2. The van der Waals surface area contributed by atoms with Crippen LogP contribution in [0.2, 0.25) is 0 Å². The number of hydrogen-bond acceptors (Lipinski definition) is 3. The highest BCUT2D eigenvalue weighted by molar-refractivity contribution is 5.94. The first kappa shape index (κ1) is 14.0. The van der Waals surface area contributed by atoms with Crippen LogP contribution >= 0.6 is 0 Å². The third-order valence-electron chi connectivity index (χ3n) is 4.01. The van der Waals surface area contributed by atoms with Crippen LogP contribution < -0.4 is 5.73 Å². The first-order valence-corrected chi connectivity index (χ1v) is 7.17. The summed E-state index contributed by atoms with van der Waals surface area (Å²) in [6, 6.07) is 4.60. The van der Waals surface area contributed by atoms with Crippen LogP contribution in [0.5, 0.6) is 0 Å². The number of amidine groups is 1. The summed E-state index contributed by atoms with van der Waals surface area (Å²) in [5.74, 6) is 0.0601. The minimum Gasteiger partial charge on any atom is -0.382 e. The van der Waals surface area contributed by atoms with Gasteiger partial charge in [0.15, 0.2) is 0 Å². The molecule has 104 valence electrons. The van der Waals surface area contributed by atoms with Crippen LogP contribution in [-0.2, 0) is 6.54 Å². The molecule has 1 aromatic heterocycles. The molecule has 2 rings (SSSR count). The summed E-state index contributed by atoms with van der Waals surface area (Å²) >= 11 is 0. The normalized spacial score (nSPS) is 17.4. The average molecular weight is 260 g/mol. The summed E-state index contributed by atoms with van der Waals surface area (Å²) in [6.45, 7) is 0.827. The zero-order chi connectivity index (χ0) is 13.7. The Bertz CT molecular complexity index is 422. The predicted octanol–water partition coefficient (Wildman–Crippen LogP) is 2.52. The zero-order valence-electron chi connectivity index (χ0n) is 11.7. The number of nitrogens with two attached hydrogens (primary N) is 1. The van der Waals surface area contributed by atoms with Crippen molar-refractivity contribution >= 4 is 5.84 Å². The number of aromatic nitrogens is 1. The van der Waals surface area contributed by atoms with Gasteiger partial charge in [-0.25, -0.2) is 0 Å². The molecule has 1 aromatic rings. The molecule has 0 aliphatic heterocycles. The fourth-order valence-electron chi connectivity index (χ4n) is 2.91. The van der Waals surface area contributed by atoms with Crippen LogP contribution in [0.3, 0.4) is 0 Å². The Morgan fingerprint density at radius 3 is 2.68 bits per heavy atom. The van der Waals surface area contributed by atoms with E-state index in [0.29, 0.717) is 11.7 Å². The number of pyridine rings is 1. The zero-order valence-corrected chi connectivity index (χ0v) is 11.7. The topological polar surface area (TPSA) is 66.0 Å². The van der Waals surface area contributed by atoms with E-state index in [4.69, 9.17) is 11.1 Å². The van der Waals surface area contributed by atoms with Crippen molar-refractivity contribution in [3.8, 4) is 0 Å². The third kappa shape index (κ3) is 3.77. The van der Waals surface area contributed by atoms with Gasteiger partial charge in [0.25, 0.3) is 0 Å². The van der Waals surface area contributed by atoms with Gasteiger partial charge in [0.05, 0.1) is 0 Å². The molecule has 0 unspecified atom stereocenters. The molecule has 1 saturated carbocycles. The van der Waals surface area contributed by atoms with E-state index >= 15 is 0 Å². The number of nitrogens with one attached hydrogen (secondary N) is 1. The number of nitrogen functional groups attached to an aromatic ring is 1. The van der Waals surface area contributed by atoms with E-state index in [2.05, 4.69) is 16.9 Å². The molecule has 0 saturated heterocycles. The van der Waals surface area contributed by atoms with Gasteiger partial charge in [0.1, 0.15) is 11.5 Å². The summed E-state index contributed by atoms with van der Waals surface area (Å²) < 4.78 is 0. The van der Waals surface area contributed by atoms with Gasteiger partial charge in [0.2, 0.25) is 0 Å². The Labute approximate surface area is 115 Å². The monoisotopic (exact) mass is 260 g/mol. The molecule has 3 N–H and O–H groups in total. The maximum absolute atomic E-state index is 7.60. The molecule has 0 radical (unpaired) electrons. The molecule has 0 amide bonds. The van der Waals surface area contributed by atoms with Gasteiger partial charge in [-0.1, -0.05) is 31.7 Å². The molecular weight excluding hydrogens is 236 g/mol. The first-order chi connectivity index (χ1) is 9.18. The second-order valence-electron chi connectivity index (χ2n) is 5.49. The van der Waals surface area contributed by atoms with Gasteiger partial charge in [-0.2, -0.15) is 0 Å². The largest absolute Gasteiger partial charge is 0.382 e. The van der Waals surface area contributed by atoms with E-state index in [9.17, 15) is 0 Å². The van der Waals surface area contributed by atoms with Crippen molar-refractivity contribution in [2.24, 2.45) is 5.73 Å². The van der Waals surface area contributed by atoms with Crippen molar-refractivity contribution in [2.75, 3.05) is 7.05 Å². The van der Waals surface area contributed by atoms with Gasteiger partial charge >= 0.3 is 0 Å². The highest BCUT2D eigenvalue weighted by Gasteiger charge is 2.18. The van der Waals surface area contributed by atoms with Crippen molar-refractivity contribution < 1.29 is 0 Å². The van der Waals surface area contributed by atoms with Crippen LogP contribution in [0, 0.1) is 5.41 Å². The van der Waals surface area contributed by atoms with Crippen LogP contribution in [-0.4, -0.2) is 28.8 Å². The van der Waals surface area contributed by atoms with Crippen molar-refractivity contribution in [3.05, 3.63) is 29.6 Å². The summed E-state index contributed by atoms with van der Waals surface area (Å²) in [6.07, 6.45) is 9.68. The van der Waals surface area contributed by atoms with Crippen molar-refractivity contribution in [3.63, 3.8) is 0 Å². The Morgan fingerprint density at radius 1 is 1.37 bits per heavy atom. The number of rotatable bonds is 4. The van der Waals surface area contributed by atoms with Gasteiger partial charge in [-0.05, 0) is 31.5 Å². The molecule has 1 fully saturated rings. The Balaban J connectivity index is 2.05. The predicted molar refractivity (Wildman–Crippen MR) is 78.2 cm³/mol. The summed E-state index contributed by atoms with van der Waals surface area (Å²) in [7, 11) is 2.17.